The first kappa shape index (κ1) is 11.5. The van der Waals surface area contributed by atoms with Crippen LogP contribution in [-0.2, 0) is 13.1 Å². The summed E-state index contributed by atoms with van der Waals surface area (Å²) in [5, 5.41) is 29.0. The quantitative estimate of drug-likeness (QED) is 0.587. The maximum atomic E-state index is 9.12. The van der Waals surface area contributed by atoms with Gasteiger partial charge >= 0.3 is 0 Å². The summed E-state index contributed by atoms with van der Waals surface area (Å²) in [4.78, 5) is 0. The molecule has 1 aliphatic carbocycles. The molecule has 0 saturated heterocycles. The Bertz CT molecular complexity index is 322. The highest BCUT2D eigenvalue weighted by Crippen LogP contribution is 2.26. The average Bonchev–Trinajstić information content (AvgIpc) is 2.64. The Kier molecular flexibility index (Phi) is 3.87. The summed E-state index contributed by atoms with van der Waals surface area (Å²) < 4.78 is 1.63. The second-order valence-corrected chi connectivity index (χ2v) is 4.32. The standard InChI is InChI=1S/C10H18N4O2/c15-2-1-14-7-9(12-13-14)6-11-5-8-3-10(16)4-8/h7-8,10-11,15-16H,1-6H2. The van der Waals surface area contributed by atoms with Crippen molar-refractivity contribution < 1.29 is 10.2 Å². The lowest BCUT2D eigenvalue weighted by Crippen LogP contribution is -2.35. The van der Waals surface area contributed by atoms with Gasteiger partial charge in [0, 0.05) is 12.7 Å². The number of hydrogen-bond acceptors (Lipinski definition) is 5. The molecule has 2 rings (SSSR count). The number of nitrogens with zero attached hydrogens (tertiary/aromatic N) is 3. The van der Waals surface area contributed by atoms with Gasteiger partial charge in [-0.25, -0.2) is 4.68 Å². The monoisotopic (exact) mass is 226 g/mol. The number of nitrogens with one attached hydrogen (secondary N) is 1. The van der Waals surface area contributed by atoms with Gasteiger partial charge in [0.25, 0.3) is 0 Å². The zero-order chi connectivity index (χ0) is 11.4. The fourth-order valence-electron chi connectivity index (χ4n) is 1.90. The SMILES string of the molecule is OCCn1cc(CNCC2CC(O)C2)nn1. The smallest absolute Gasteiger partial charge is 0.0964 e. The van der Waals surface area contributed by atoms with Crippen molar-refractivity contribution in [2.45, 2.75) is 32.0 Å². The van der Waals surface area contributed by atoms with Gasteiger partial charge in [0.15, 0.2) is 0 Å². The first-order valence-corrected chi connectivity index (χ1v) is 5.66. The summed E-state index contributed by atoms with van der Waals surface area (Å²) in [6.45, 7) is 2.18. The van der Waals surface area contributed by atoms with Crippen LogP contribution in [-0.4, -0.2) is 44.5 Å². The molecule has 0 atom stereocenters. The molecule has 16 heavy (non-hydrogen) atoms. The highest BCUT2D eigenvalue weighted by atomic mass is 16.3. The molecule has 3 N–H and O–H groups in total. The molecule has 1 aromatic rings. The predicted octanol–water partition coefficient (Wildman–Crippen LogP) is -0.869. The van der Waals surface area contributed by atoms with Gasteiger partial charge in [0.1, 0.15) is 0 Å². The van der Waals surface area contributed by atoms with Gasteiger partial charge in [-0.1, -0.05) is 5.21 Å². The van der Waals surface area contributed by atoms with Crippen LogP contribution in [0.5, 0.6) is 0 Å². The molecule has 1 heterocycles. The molecule has 6 heteroatoms. The number of hydrogen-bond donors (Lipinski definition) is 3. The Labute approximate surface area is 94.3 Å². The van der Waals surface area contributed by atoms with Crippen LogP contribution in [0.15, 0.2) is 6.20 Å². The zero-order valence-corrected chi connectivity index (χ0v) is 9.21. The molecule has 0 bridgehead atoms. The van der Waals surface area contributed by atoms with Crippen LogP contribution in [0.3, 0.4) is 0 Å². The van der Waals surface area contributed by atoms with Crippen LogP contribution < -0.4 is 5.32 Å². The van der Waals surface area contributed by atoms with Gasteiger partial charge in [-0.3, -0.25) is 0 Å². The highest BCUT2D eigenvalue weighted by Gasteiger charge is 2.26. The van der Waals surface area contributed by atoms with Crippen LogP contribution in [0.4, 0.5) is 0 Å². The molecule has 0 unspecified atom stereocenters. The highest BCUT2D eigenvalue weighted by molar-refractivity contribution is 4.92. The minimum Gasteiger partial charge on any atom is -0.394 e. The van der Waals surface area contributed by atoms with Crippen LogP contribution in [0, 0.1) is 5.92 Å². The van der Waals surface area contributed by atoms with Gasteiger partial charge in [-0.15, -0.1) is 5.10 Å². The van der Waals surface area contributed by atoms with E-state index in [1.807, 2.05) is 6.20 Å². The summed E-state index contributed by atoms with van der Waals surface area (Å²) in [6, 6.07) is 0. The first-order chi connectivity index (χ1) is 7.78. The first-order valence-electron chi connectivity index (χ1n) is 5.66. The lowest BCUT2D eigenvalue weighted by atomic mass is 9.82. The number of rotatable bonds is 6. The van der Waals surface area contributed by atoms with Crippen molar-refractivity contribution in [3.8, 4) is 0 Å². The van der Waals surface area contributed by atoms with Crippen molar-refractivity contribution in [1.82, 2.24) is 20.3 Å². The third kappa shape index (κ3) is 3.01. The van der Waals surface area contributed by atoms with E-state index in [-0.39, 0.29) is 12.7 Å². The number of aromatic nitrogens is 3. The normalized spacial score (nSPS) is 24.4. The van der Waals surface area contributed by atoms with Crippen LogP contribution >= 0.6 is 0 Å². The second kappa shape index (κ2) is 5.38. The van der Waals surface area contributed by atoms with Crippen molar-refractivity contribution in [2.75, 3.05) is 13.2 Å². The molecule has 0 aromatic carbocycles. The van der Waals surface area contributed by atoms with Gasteiger partial charge in [0.2, 0.25) is 0 Å². The maximum absolute atomic E-state index is 9.12. The average molecular weight is 226 g/mol. The summed E-state index contributed by atoms with van der Waals surface area (Å²) in [5.74, 6) is 0.600. The lowest BCUT2D eigenvalue weighted by molar-refractivity contribution is 0.0429. The molecule has 1 aromatic heterocycles. The maximum Gasteiger partial charge on any atom is 0.0964 e. The fraction of sp³-hybridized carbons (Fsp3) is 0.800. The topological polar surface area (TPSA) is 83.2 Å². The molecule has 0 radical (unpaired) electrons. The Hall–Kier alpha value is -0.980. The Morgan fingerprint density at radius 3 is 3.00 bits per heavy atom. The van der Waals surface area contributed by atoms with Crippen LogP contribution in [0.1, 0.15) is 18.5 Å². The van der Waals surface area contributed by atoms with Gasteiger partial charge < -0.3 is 15.5 Å². The lowest BCUT2D eigenvalue weighted by Gasteiger charge is -2.31. The largest absolute Gasteiger partial charge is 0.394 e. The third-order valence-electron chi connectivity index (χ3n) is 2.87. The predicted molar refractivity (Wildman–Crippen MR) is 57.5 cm³/mol. The van der Waals surface area contributed by atoms with E-state index in [0.29, 0.717) is 19.0 Å². The Balaban J connectivity index is 1.64. The van der Waals surface area contributed by atoms with Crippen molar-refractivity contribution >= 4 is 0 Å². The molecular formula is C10H18N4O2. The minimum absolute atomic E-state index is 0.0796. The Morgan fingerprint density at radius 2 is 2.31 bits per heavy atom. The summed E-state index contributed by atoms with van der Waals surface area (Å²) in [7, 11) is 0. The summed E-state index contributed by atoms with van der Waals surface area (Å²) in [5.41, 5.74) is 0.883. The van der Waals surface area contributed by atoms with Gasteiger partial charge in [-0.05, 0) is 25.3 Å². The third-order valence-corrected chi connectivity index (χ3v) is 2.87. The molecule has 1 saturated carbocycles. The number of aliphatic hydroxyl groups excluding tert-OH is 2. The van der Waals surface area contributed by atoms with E-state index in [9.17, 15) is 0 Å². The van der Waals surface area contributed by atoms with E-state index in [1.165, 1.54) is 0 Å². The molecule has 0 spiro atoms. The van der Waals surface area contributed by atoms with E-state index in [1.54, 1.807) is 4.68 Å². The Morgan fingerprint density at radius 1 is 1.50 bits per heavy atom. The van der Waals surface area contributed by atoms with E-state index in [4.69, 9.17) is 10.2 Å². The number of aliphatic hydroxyl groups is 2. The zero-order valence-electron chi connectivity index (χ0n) is 9.21. The molecule has 90 valence electrons. The molecule has 1 fully saturated rings. The minimum atomic E-state index is -0.0859. The van der Waals surface area contributed by atoms with Crippen molar-refractivity contribution in [3.05, 3.63) is 11.9 Å². The molecular weight excluding hydrogens is 208 g/mol. The van der Waals surface area contributed by atoms with Crippen molar-refractivity contribution in [3.63, 3.8) is 0 Å². The molecule has 6 nitrogen and oxygen atoms in total. The summed E-state index contributed by atoms with van der Waals surface area (Å²) >= 11 is 0. The van der Waals surface area contributed by atoms with E-state index >= 15 is 0 Å². The fourth-order valence-corrected chi connectivity index (χ4v) is 1.90. The van der Waals surface area contributed by atoms with E-state index in [0.717, 1.165) is 25.1 Å². The van der Waals surface area contributed by atoms with Gasteiger partial charge in [-0.2, -0.15) is 0 Å². The molecule has 0 aliphatic heterocycles. The van der Waals surface area contributed by atoms with Crippen LogP contribution in [0.25, 0.3) is 0 Å². The van der Waals surface area contributed by atoms with Crippen LogP contribution in [0.2, 0.25) is 0 Å². The summed E-state index contributed by atoms with van der Waals surface area (Å²) in [6.07, 6.45) is 3.56. The second-order valence-electron chi connectivity index (χ2n) is 4.32. The molecule has 0 amide bonds. The van der Waals surface area contributed by atoms with Crippen molar-refractivity contribution in [1.29, 1.82) is 0 Å². The van der Waals surface area contributed by atoms with Crippen molar-refractivity contribution in [2.24, 2.45) is 5.92 Å². The molecule has 1 aliphatic rings. The van der Waals surface area contributed by atoms with E-state index < -0.39 is 0 Å². The van der Waals surface area contributed by atoms with Gasteiger partial charge in [0.05, 0.1) is 24.9 Å². The van der Waals surface area contributed by atoms with E-state index in [2.05, 4.69) is 15.6 Å².